The molecule has 0 radical (unpaired) electrons. The quantitative estimate of drug-likeness (QED) is 0.307. The average molecular weight is 389 g/mol. The Labute approximate surface area is 167 Å². The molecule has 0 aliphatic carbocycles. The zero-order chi connectivity index (χ0) is 19.5. The molecule has 8 N–H and O–H groups in total. The molecule has 0 fully saturated rings. The molecule has 0 bridgehead atoms. The molecule has 0 spiro atoms. The third-order valence-electron chi connectivity index (χ3n) is 5.10. The summed E-state index contributed by atoms with van der Waals surface area (Å²) >= 11 is 0. The van der Waals surface area contributed by atoms with E-state index in [1.54, 1.807) is 0 Å². The van der Waals surface area contributed by atoms with Gasteiger partial charge in [-0.3, -0.25) is 16.5 Å². The number of anilines is 1. The van der Waals surface area contributed by atoms with Gasteiger partial charge in [-0.1, -0.05) is 66.7 Å². The van der Waals surface area contributed by atoms with Crippen LogP contribution in [-0.4, -0.2) is 15.7 Å². The highest BCUT2D eigenvalue weighted by Crippen LogP contribution is 2.45. The molecule has 7 heteroatoms. The fourth-order valence-corrected chi connectivity index (χ4v) is 3.95. The summed E-state index contributed by atoms with van der Waals surface area (Å²) in [6, 6.07) is 26.5. The smallest absolute Gasteiger partial charge is 0.272 e. The fraction of sp³-hybridized carbons (Fsp3) is 0.0909. The largest absolute Gasteiger partial charge is 0.412 e. The highest BCUT2D eigenvalue weighted by molar-refractivity contribution is 5.97. The average Bonchev–Trinajstić information content (AvgIpc) is 2.78. The van der Waals surface area contributed by atoms with Crippen LogP contribution < -0.4 is 22.6 Å². The van der Waals surface area contributed by atoms with Gasteiger partial charge in [0.1, 0.15) is 0 Å². The maximum atomic E-state index is 12.3. The van der Waals surface area contributed by atoms with E-state index in [2.05, 4.69) is 63.6 Å². The van der Waals surface area contributed by atoms with Crippen molar-refractivity contribution in [2.24, 2.45) is 11.7 Å². The number of benzene rings is 3. The molecular weight excluding hydrogens is 366 g/mol. The highest BCUT2D eigenvalue weighted by atomic mass is 16.1. The molecule has 1 aliphatic rings. The number of aromatic nitrogens is 2. The summed E-state index contributed by atoms with van der Waals surface area (Å²) in [6.07, 6.45) is 0. The van der Waals surface area contributed by atoms with Gasteiger partial charge in [-0.15, -0.1) is 0 Å². The van der Waals surface area contributed by atoms with Crippen LogP contribution in [0.5, 0.6) is 0 Å². The Morgan fingerprint density at radius 2 is 1.41 bits per heavy atom. The second kappa shape index (κ2) is 8.66. The van der Waals surface area contributed by atoms with Crippen LogP contribution >= 0.6 is 0 Å². The standard InChI is InChI=1S/C22H17N3O.H4N2.H2O/c26-22-16-12-7-13-17-19(16)21(24-25-22)18(14-8-3-1-4-9-14)20(23-17)15-10-5-2-6-11-15;1-2;/h1-13,18,20,23H,(H,25,26);1-2H2;1H2. The van der Waals surface area contributed by atoms with Gasteiger partial charge in [0.25, 0.3) is 5.56 Å². The molecule has 1 aromatic heterocycles. The zero-order valence-corrected chi connectivity index (χ0v) is 15.7. The van der Waals surface area contributed by atoms with Gasteiger partial charge in [0, 0.05) is 11.1 Å². The number of hydrogen-bond donors (Lipinski definition) is 4. The number of rotatable bonds is 2. The summed E-state index contributed by atoms with van der Waals surface area (Å²) in [5.74, 6) is 8.01. The van der Waals surface area contributed by atoms with Gasteiger partial charge in [0.05, 0.1) is 23.0 Å². The first kappa shape index (κ1) is 20.2. The predicted molar refractivity (Wildman–Crippen MR) is 115 cm³/mol. The van der Waals surface area contributed by atoms with Crippen molar-refractivity contribution < 1.29 is 5.48 Å². The summed E-state index contributed by atoms with van der Waals surface area (Å²) in [5.41, 5.74) is 4.07. The highest BCUT2D eigenvalue weighted by Gasteiger charge is 2.34. The van der Waals surface area contributed by atoms with Crippen LogP contribution in [0.2, 0.25) is 0 Å². The van der Waals surface area contributed by atoms with Gasteiger partial charge in [-0.05, 0) is 23.3 Å². The third kappa shape index (κ3) is 3.50. The monoisotopic (exact) mass is 389 g/mol. The lowest BCUT2D eigenvalue weighted by molar-refractivity contribution is 0.638. The lowest BCUT2D eigenvalue weighted by Gasteiger charge is -2.34. The van der Waals surface area contributed by atoms with Crippen LogP contribution in [-0.2, 0) is 0 Å². The molecule has 1 aliphatic heterocycles. The summed E-state index contributed by atoms with van der Waals surface area (Å²) in [5, 5.41) is 12.4. The minimum absolute atomic E-state index is 0. The van der Waals surface area contributed by atoms with Crippen molar-refractivity contribution in [3.63, 3.8) is 0 Å². The minimum Gasteiger partial charge on any atom is -0.412 e. The Kier molecular flexibility index (Phi) is 6.04. The molecule has 7 nitrogen and oxygen atoms in total. The lowest BCUT2D eigenvalue weighted by atomic mass is 9.80. The van der Waals surface area contributed by atoms with E-state index in [0.717, 1.165) is 16.8 Å². The van der Waals surface area contributed by atoms with Crippen LogP contribution in [0.15, 0.2) is 83.7 Å². The van der Waals surface area contributed by atoms with Crippen LogP contribution in [0.1, 0.15) is 28.8 Å². The normalized spacial score (nSPS) is 16.8. The van der Waals surface area contributed by atoms with Crippen molar-refractivity contribution in [1.82, 2.24) is 10.2 Å². The number of aromatic amines is 1. The van der Waals surface area contributed by atoms with Gasteiger partial charge in [0.15, 0.2) is 0 Å². The predicted octanol–water partition coefficient (Wildman–Crippen LogP) is 2.22. The molecule has 29 heavy (non-hydrogen) atoms. The second-order valence-electron chi connectivity index (χ2n) is 6.59. The maximum absolute atomic E-state index is 12.3. The van der Waals surface area contributed by atoms with Gasteiger partial charge in [-0.25, -0.2) is 5.10 Å². The van der Waals surface area contributed by atoms with Crippen molar-refractivity contribution in [2.45, 2.75) is 12.0 Å². The first-order chi connectivity index (χ1) is 13.8. The number of H-pyrrole nitrogens is 1. The van der Waals surface area contributed by atoms with E-state index in [9.17, 15) is 4.79 Å². The van der Waals surface area contributed by atoms with E-state index in [1.807, 2.05) is 42.5 Å². The summed E-state index contributed by atoms with van der Waals surface area (Å²) < 4.78 is 0. The molecule has 4 aromatic rings. The Hall–Kier alpha value is -3.52. The molecule has 0 saturated carbocycles. The van der Waals surface area contributed by atoms with Crippen molar-refractivity contribution in [2.75, 3.05) is 5.32 Å². The maximum Gasteiger partial charge on any atom is 0.272 e. The molecular formula is C22H23N5O2. The fourth-order valence-electron chi connectivity index (χ4n) is 3.95. The lowest BCUT2D eigenvalue weighted by Crippen LogP contribution is -2.28. The second-order valence-corrected chi connectivity index (χ2v) is 6.59. The van der Waals surface area contributed by atoms with Gasteiger partial charge >= 0.3 is 0 Å². The molecule has 0 amide bonds. The Morgan fingerprint density at radius 3 is 2.07 bits per heavy atom. The molecule has 2 heterocycles. The van der Waals surface area contributed by atoms with Crippen LogP contribution in [0.3, 0.4) is 0 Å². The molecule has 2 unspecified atom stereocenters. The van der Waals surface area contributed by atoms with Crippen molar-refractivity contribution >= 4 is 16.5 Å². The first-order valence-electron chi connectivity index (χ1n) is 9.04. The first-order valence-corrected chi connectivity index (χ1v) is 9.04. The summed E-state index contributed by atoms with van der Waals surface area (Å²) in [4.78, 5) is 12.3. The van der Waals surface area contributed by atoms with E-state index >= 15 is 0 Å². The molecule has 0 saturated heterocycles. The Balaban J connectivity index is 0.000000778. The molecule has 2 atom stereocenters. The third-order valence-corrected chi connectivity index (χ3v) is 5.10. The number of nitrogens with one attached hydrogen (secondary N) is 2. The van der Waals surface area contributed by atoms with Gasteiger partial charge < -0.3 is 10.8 Å². The number of nitrogens with two attached hydrogens (primary N) is 2. The molecule has 148 valence electrons. The zero-order valence-electron chi connectivity index (χ0n) is 15.7. The molecule has 5 rings (SSSR count). The van der Waals surface area contributed by atoms with Crippen molar-refractivity contribution in [3.05, 3.63) is 106 Å². The van der Waals surface area contributed by atoms with Crippen molar-refractivity contribution in [3.8, 4) is 0 Å². The van der Waals surface area contributed by atoms with Crippen LogP contribution in [0, 0.1) is 0 Å². The molecule has 3 aromatic carbocycles. The van der Waals surface area contributed by atoms with Gasteiger partial charge in [-0.2, -0.15) is 5.10 Å². The number of hydrogen-bond acceptors (Lipinski definition) is 5. The Morgan fingerprint density at radius 1 is 0.793 bits per heavy atom. The number of nitrogens with zero attached hydrogens (tertiary/aromatic N) is 1. The van der Waals surface area contributed by atoms with Crippen LogP contribution in [0.4, 0.5) is 5.69 Å². The SMILES string of the molecule is NN.O.O=c1[nH]nc2c3c(cccc13)NC(c1ccccc1)C2c1ccccc1. The Bertz CT molecular complexity index is 1150. The van der Waals surface area contributed by atoms with E-state index in [4.69, 9.17) is 0 Å². The van der Waals surface area contributed by atoms with E-state index < -0.39 is 0 Å². The summed E-state index contributed by atoms with van der Waals surface area (Å²) in [6.45, 7) is 0. The topological polar surface area (TPSA) is 141 Å². The van der Waals surface area contributed by atoms with E-state index in [-0.39, 0.29) is 23.0 Å². The van der Waals surface area contributed by atoms with Crippen molar-refractivity contribution in [1.29, 1.82) is 0 Å². The van der Waals surface area contributed by atoms with Crippen LogP contribution in [0.25, 0.3) is 10.8 Å². The van der Waals surface area contributed by atoms with E-state index in [0.29, 0.717) is 5.39 Å². The number of hydrazine groups is 1. The van der Waals surface area contributed by atoms with E-state index in [1.165, 1.54) is 11.1 Å². The van der Waals surface area contributed by atoms with Gasteiger partial charge in [0.2, 0.25) is 0 Å². The summed E-state index contributed by atoms with van der Waals surface area (Å²) in [7, 11) is 0. The minimum atomic E-state index is -0.155.